The Morgan fingerprint density at radius 1 is 1.39 bits per heavy atom. The molecular formula is C17H18FN3O2. The Hall–Kier alpha value is -2.63. The standard InChI is InChI=1S/C17H18FN3O2/c1-9-13-7-12(18)5-6-15(13)23-16(9)10(2)20-17(22)14-8-19-21(4)11(14)3/h5-8,10H,1-4H3,(H,20,22)/t10-/m0/s1. The van der Waals surface area contributed by atoms with Crippen molar-refractivity contribution in [3.05, 3.63) is 52.8 Å². The molecule has 0 unspecified atom stereocenters. The number of nitrogens with one attached hydrogen (secondary N) is 1. The molecule has 5 nitrogen and oxygen atoms in total. The summed E-state index contributed by atoms with van der Waals surface area (Å²) in [7, 11) is 1.79. The van der Waals surface area contributed by atoms with Crippen LogP contribution in [0.5, 0.6) is 0 Å². The summed E-state index contributed by atoms with van der Waals surface area (Å²) in [5.41, 5.74) is 2.75. The molecule has 0 aliphatic rings. The number of hydrogen-bond donors (Lipinski definition) is 1. The molecule has 0 saturated heterocycles. The van der Waals surface area contributed by atoms with Crippen molar-refractivity contribution < 1.29 is 13.6 Å². The van der Waals surface area contributed by atoms with Crippen molar-refractivity contribution in [2.45, 2.75) is 26.8 Å². The highest BCUT2D eigenvalue weighted by atomic mass is 19.1. The fourth-order valence-corrected chi connectivity index (χ4v) is 2.69. The maximum Gasteiger partial charge on any atom is 0.255 e. The Bertz CT molecular complexity index is 895. The van der Waals surface area contributed by atoms with Crippen LogP contribution in [-0.4, -0.2) is 15.7 Å². The number of carbonyl (C=O) groups excluding carboxylic acids is 1. The van der Waals surface area contributed by atoms with Crippen LogP contribution >= 0.6 is 0 Å². The molecule has 23 heavy (non-hydrogen) atoms. The molecular weight excluding hydrogens is 297 g/mol. The number of furan rings is 1. The molecule has 2 heterocycles. The number of amides is 1. The molecule has 0 spiro atoms. The monoisotopic (exact) mass is 315 g/mol. The number of carbonyl (C=O) groups is 1. The second-order valence-electron chi connectivity index (χ2n) is 5.69. The van der Waals surface area contributed by atoms with Crippen LogP contribution in [0, 0.1) is 19.7 Å². The van der Waals surface area contributed by atoms with E-state index in [1.54, 1.807) is 17.8 Å². The zero-order chi connectivity index (χ0) is 16.7. The lowest BCUT2D eigenvalue weighted by Crippen LogP contribution is -2.27. The lowest BCUT2D eigenvalue weighted by atomic mass is 10.1. The van der Waals surface area contributed by atoms with Gasteiger partial charge in [-0.25, -0.2) is 4.39 Å². The number of benzene rings is 1. The van der Waals surface area contributed by atoms with E-state index in [4.69, 9.17) is 4.42 Å². The molecule has 0 aliphatic heterocycles. The van der Waals surface area contributed by atoms with Crippen molar-refractivity contribution in [3.63, 3.8) is 0 Å². The fourth-order valence-electron chi connectivity index (χ4n) is 2.69. The molecule has 3 aromatic rings. The highest BCUT2D eigenvalue weighted by Crippen LogP contribution is 2.30. The van der Waals surface area contributed by atoms with Crippen LogP contribution in [-0.2, 0) is 7.05 Å². The minimum Gasteiger partial charge on any atom is -0.459 e. The van der Waals surface area contributed by atoms with Gasteiger partial charge in [-0.1, -0.05) is 0 Å². The van der Waals surface area contributed by atoms with Gasteiger partial charge in [-0.2, -0.15) is 5.10 Å². The third-order valence-corrected chi connectivity index (χ3v) is 4.16. The zero-order valence-corrected chi connectivity index (χ0v) is 13.5. The van der Waals surface area contributed by atoms with Crippen molar-refractivity contribution in [1.29, 1.82) is 0 Å². The average Bonchev–Trinajstić information content (AvgIpc) is 3.01. The van der Waals surface area contributed by atoms with Crippen LogP contribution in [0.4, 0.5) is 4.39 Å². The van der Waals surface area contributed by atoms with Gasteiger partial charge < -0.3 is 9.73 Å². The third kappa shape index (κ3) is 2.60. The molecule has 3 rings (SSSR count). The van der Waals surface area contributed by atoms with Gasteiger partial charge in [-0.15, -0.1) is 0 Å². The topological polar surface area (TPSA) is 60.1 Å². The number of nitrogens with zero attached hydrogens (tertiary/aromatic N) is 2. The number of rotatable bonds is 3. The summed E-state index contributed by atoms with van der Waals surface area (Å²) in [6.45, 7) is 5.53. The van der Waals surface area contributed by atoms with Gasteiger partial charge in [0.25, 0.3) is 5.91 Å². The molecule has 0 aliphatic carbocycles. The van der Waals surface area contributed by atoms with E-state index in [1.807, 2.05) is 20.8 Å². The van der Waals surface area contributed by atoms with Gasteiger partial charge >= 0.3 is 0 Å². The van der Waals surface area contributed by atoms with E-state index in [9.17, 15) is 9.18 Å². The number of aromatic nitrogens is 2. The Labute approximate surface area is 133 Å². The minimum absolute atomic E-state index is 0.214. The van der Waals surface area contributed by atoms with E-state index in [1.165, 1.54) is 18.3 Å². The molecule has 1 aromatic carbocycles. The van der Waals surface area contributed by atoms with Gasteiger partial charge in [0.2, 0.25) is 0 Å². The first-order valence-electron chi connectivity index (χ1n) is 7.36. The Morgan fingerprint density at radius 3 is 2.78 bits per heavy atom. The molecule has 1 amide bonds. The summed E-state index contributed by atoms with van der Waals surface area (Å²) in [5.74, 6) is 0.102. The van der Waals surface area contributed by atoms with Crippen LogP contribution in [0.3, 0.4) is 0 Å². The van der Waals surface area contributed by atoms with E-state index in [0.29, 0.717) is 16.9 Å². The summed E-state index contributed by atoms with van der Waals surface area (Å²) in [6.07, 6.45) is 1.54. The Morgan fingerprint density at radius 2 is 2.13 bits per heavy atom. The summed E-state index contributed by atoms with van der Waals surface area (Å²) >= 11 is 0. The number of fused-ring (bicyclic) bond motifs is 1. The van der Waals surface area contributed by atoms with Crippen molar-refractivity contribution in [3.8, 4) is 0 Å². The normalized spacial score (nSPS) is 12.6. The van der Waals surface area contributed by atoms with E-state index in [0.717, 1.165) is 16.6 Å². The molecule has 1 N–H and O–H groups in total. The first kappa shape index (κ1) is 15.3. The predicted octanol–water partition coefficient (Wildman–Crippen LogP) is 3.41. The van der Waals surface area contributed by atoms with E-state index in [2.05, 4.69) is 10.4 Å². The number of hydrogen-bond acceptors (Lipinski definition) is 3. The van der Waals surface area contributed by atoms with Gasteiger partial charge in [-0.05, 0) is 39.0 Å². The summed E-state index contributed by atoms with van der Waals surface area (Å²) < 4.78 is 20.8. The second kappa shape index (κ2) is 5.53. The molecule has 2 aromatic heterocycles. The van der Waals surface area contributed by atoms with Crippen LogP contribution in [0.1, 0.15) is 40.3 Å². The molecule has 0 radical (unpaired) electrons. The van der Waals surface area contributed by atoms with Crippen LogP contribution in [0.25, 0.3) is 11.0 Å². The third-order valence-electron chi connectivity index (χ3n) is 4.16. The lowest BCUT2D eigenvalue weighted by molar-refractivity contribution is 0.0935. The largest absolute Gasteiger partial charge is 0.459 e. The van der Waals surface area contributed by atoms with Crippen molar-refractivity contribution in [1.82, 2.24) is 15.1 Å². The molecule has 0 bridgehead atoms. The summed E-state index contributed by atoms with van der Waals surface area (Å²) in [6, 6.07) is 4.06. The van der Waals surface area contributed by atoms with E-state index < -0.39 is 0 Å². The molecule has 6 heteroatoms. The highest BCUT2D eigenvalue weighted by molar-refractivity contribution is 5.95. The maximum atomic E-state index is 13.4. The van der Waals surface area contributed by atoms with Crippen LogP contribution in [0.2, 0.25) is 0 Å². The van der Waals surface area contributed by atoms with Crippen molar-refractivity contribution >= 4 is 16.9 Å². The van der Waals surface area contributed by atoms with Gasteiger partial charge in [0.05, 0.1) is 17.8 Å². The van der Waals surface area contributed by atoms with Crippen LogP contribution < -0.4 is 5.32 Å². The molecule has 120 valence electrons. The Balaban J connectivity index is 1.89. The Kier molecular flexibility index (Phi) is 3.67. The average molecular weight is 315 g/mol. The van der Waals surface area contributed by atoms with E-state index >= 15 is 0 Å². The van der Waals surface area contributed by atoms with E-state index in [-0.39, 0.29) is 17.8 Å². The first-order chi connectivity index (χ1) is 10.9. The molecule has 1 atom stereocenters. The fraction of sp³-hybridized carbons (Fsp3) is 0.294. The smallest absolute Gasteiger partial charge is 0.255 e. The van der Waals surface area contributed by atoms with Gasteiger partial charge in [0, 0.05) is 23.7 Å². The summed E-state index contributed by atoms with van der Waals surface area (Å²) in [4.78, 5) is 12.4. The molecule has 0 saturated carbocycles. The predicted molar refractivity (Wildman–Crippen MR) is 84.7 cm³/mol. The second-order valence-corrected chi connectivity index (χ2v) is 5.69. The lowest BCUT2D eigenvalue weighted by Gasteiger charge is -2.12. The van der Waals surface area contributed by atoms with Crippen molar-refractivity contribution in [2.24, 2.45) is 7.05 Å². The van der Waals surface area contributed by atoms with Gasteiger partial charge in [0.15, 0.2) is 0 Å². The SMILES string of the molecule is Cc1c([C@H](C)NC(=O)c2cnn(C)c2C)oc2ccc(F)cc12. The van der Waals surface area contributed by atoms with Gasteiger partial charge in [0.1, 0.15) is 17.2 Å². The highest BCUT2D eigenvalue weighted by Gasteiger charge is 2.21. The van der Waals surface area contributed by atoms with Crippen LogP contribution in [0.15, 0.2) is 28.8 Å². The van der Waals surface area contributed by atoms with Gasteiger partial charge in [-0.3, -0.25) is 9.48 Å². The first-order valence-corrected chi connectivity index (χ1v) is 7.36. The minimum atomic E-state index is -0.336. The quantitative estimate of drug-likeness (QED) is 0.805. The summed E-state index contributed by atoms with van der Waals surface area (Å²) in [5, 5.41) is 7.69. The molecule has 0 fully saturated rings. The number of halogens is 1. The van der Waals surface area contributed by atoms with Crippen molar-refractivity contribution in [2.75, 3.05) is 0 Å². The zero-order valence-electron chi connectivity index (χ0n) is 13.5. The number of aryl methyl sites for hydroxylation is 2. The maximum absolute atomic E-state index is 13.4.